The number of nitrogens with one attached hydrogen (secondary N) is 2. The molecule has 0 saturated carbocycles. The Morgan fingerprint density at radius 1 is 1.22 bits per heavy atom. The number of halogens is 1. The van der Waals surface area contributed by atoms with E-state index in [4.69, 9.17) is 0 Å². The molecule has 0 fully saturated rings. The second-order valence-corrected chi connectivity index (χ2v) is 6.47. The summed E-state index contributed by atoms with van der Waals surface area (Å²) in [6.45, 7) is 2.61. The van der Waals surface area contributed by atoms with Crippen molar-refractivity contribution in [1.82, 2.24) is 14.9 Å². The average Bonchev–Trinajstić information content (AvgIpc) is 2.99. The number of aromatic nitrogens is 2. The predicted octanol–water partition coefficient (Wildman–Crippen LogP) is 2.33. The van der Waals surface area contributed by atoms with E-state index >= 15 is 0 Å². The molecule has 7 heteroatoms. The number of carbonyl (C=O) groups excluding carboxylic acids is 1. The summed E-state index contributed by atoms with van der Waals surface area (Å²) >= 11 is 0. The summed E-state index contributed by atoms with van der Waals surface area (Å²) < 4.78 is 14.7. The maximum absolute atomic E-state index is 12.9. The van der Waals surface area contributed by atoms with Gasteiger partial charge in [-0.15, -0.1) is 0 Å². The number of para-hydroxylation sites is 2. The zero-order chi connectivity index (χ0) is 19.2. The second kappa shape index (κ2) is 8.64. The predicted molar refractivity (Wildman–Crippen MR) is 103 cm³/mol. The normalized spacial score (nSPS) is 12.1. The van der Waals surface area contributed by atoms with Crippen molar-refractivity contribution in [1.29, 1.82) is 0 Å². The van der Waals surface area contributed by atoms with Crippen LogP contribution in [0.3, 0.4) is 0 Å². The molecule has 0 spiro atoms. The van der Waals surface area contributed by atoms with E-state index in [2.05, 4.69) is 15.6 Å². The summed E-state index contributed by atoms with van der Waals surface area (Å²) in [5.74, 6) is 0.137. The number of hydrogen-bond acceptors (Lipinski definition) is 4. The summed E-state index contributed by atoms with van der Waals surface area (Å²) in [6, 6.07) is 13.8. The molecule has 3 aromatic rings. The molecule has 0 aliphatic heterocycles. The van der Waals surface area contributed by atoms with E-state index in [0.29, 0.717) is 25.5 Å². The number of aliphatic hydroxyl groups is 1. The number of hydrogen-bond donors (Lipinski definition) is 3. The van der Waals surface area contributed by atoms with Gasteiger partial charge in [-0.25, -0.2) is 9.37 Å². The SMILES string of the molecule is CC(O)CNc1nc2ccccc2n1CC(=O)NCCc1ccc(F)cc1. The molecule has 1 heterocycles. The van der Waals surface area contributed by atoms with Crippen molar-refractivity contribution in [3.63, 3.8) is 0 Å². The van der Waals surface area contributed by atoms with Crippen molar-refractivity contribution < 1.29 is 14.3 Å². The maximum atomic E-state index is 12.9. The molecule has 0 saturated heterocycles. The number of amides is 1. The van der Waals surface area contributed by atoms with Gasteiger partial charge in [0.05, 0.1) is 17.1 Å². The summed E-state index contributed by atoms with van der Waals surface area (Å²) in [7, 11) is 0. The van der Waals surface area contributed by atoms with Crippen LogP contribution in [0.1, 0.15) is 12.5 Å². The number of rotatable bonds is 8. The molecule has 2 aromatic carbocycles. The Labute approximate surface area is 157 Å². The summed E-state index contributed by atoms with van der Waals surface area (Å²) in [5, 5.41) is 15.5. The van der Waals surface area contributed by atoms with Crippen LogP contribution in [0.15, 0.2) is 48.5 Å². The number of aliphatic hydroxyl groups excluding tert-OH is 1. The summed E-state index contributed by atoms with van der Waals surface area (Å²) in [4.78, 5) is 16.9. The van der Waals surface area contributed by atoms with Crippen LogP contribution in [0.2, 0.25) is 0 Å². The van der Waals surface area contributed by atoms with Gasteiger partial charge in [-0.3, -0.25) is 4.79 Å². The lowest BCUT2D eigenvalue weighted by Crippen LogP contribution is -2.30. The number of benzene rings is 2. The minimum absolute atomic E-state index is 0.117. The first-order valence-corrected chi connectivity index (χ1v) is 8.91. The molecule has 1 atom stereocenters. The monoisotopic (exact) mass is 370 g/mol. The van der Waals surface area contributed by atoms with Crippen LogP contribution in [0.25, 0.3) is 11.0 Å². The van der Waals surface area contributed by atoms with Gasteiger partial charge in [0.15, 0.2) is 0 Å². The molecule has 3 N–H and O–H groups in total. The Hall–Kier alpha value is -2.93. The molecule has 0 bridgehead atoms. The van der Waals surface area contributed by atoms with Crippen molar-refractivity contribution in [2.75, 3.05) is 18.4 Å². The van der Waals surface area contributed by atoms with Crippen molar-refractivity contribution in [3.05, 3.63) is 59.9 Å². The van der Waals surface area contributed by atoms with Gasteiger partial charge in [0.25, 0.3) is 0 Å². The zero-order valence-electron chi connectivity index (χ0n) is 15.2. The van der Waals surface area contributed by atoms with Crippen molar-refractivity contribution in [2.24, 2.45) is 0 Å². The molecular formula is C20H23FN4O2. The number of imidazole rings is 1. The van der Waals surface area contributed by atoms with E-state index in [0.717, 1.165) is 16.6 Å². The van der Waals surface area contributed by atoms with Crippen LogP contribution in [0.5, 0.6) is 0 Å². The van der Waals surface area contributed by atoms with Gasteiger partial charge in [0.1, 0.15) is 12.4 Å². The van der Waals surface area contributed by atoms with E-state index in [9.17, 15) is 14.3 Å². The van der Waals surface area contributed by atoms with E-state index < -0.39 is 6.10 Å². The largest absolute Gasteiger partial charge is 0.392 e. The van der Waals surface area contributed by atoms with Gasteiger partial charge in [-0.2, -0.15) is 0 Å². The van der Waals surface area contributed by atoms with Crippen LogP contribution in [-0.2, 0) is 17.8 Å². The van der Waals surface area contributed by atoms with Crippen LogP contribution in [0, 0.1) is 5.82 Å². The Morgan fingerprint density at radius 3 is 2.70 bits per heavy atom. The van der Waals surface area contributed by atoms with Crippen molar-refractivity contribution in [2.45, 2.75) is 26.0 Å². The van der Waals surface area contributed by atoms with E-state index in [1.54, 1.807) is 23.6 Å². The highest BCUT2D eigenvalue weighted by Crippen LogP contribution is 2.19. The summed E-state index contributed by atoms with van der Waals surface area (Å²) in [5.41, 5.74) is 2.59. The molecule has 0 aliphatic rings. The average molecular weight is 370 g/mol. The lowest BCUT2D eigenvalue weighted by molar-refractivity contribution is -0.121. The molecule has 142 valence electrons. The van der Waals surface area contributed by atoms with Crippen LogP contribution >= 0.6 is 0 Å². The molecular weight excluding hydrogens is 347 g/mol. The maximum Gasteiger partial charge on any atom is 0.240 e. The first-order chi connectivity index (χ1) is 13.0. The fourth-order valence-electron chi connectivity index (χ4n) is 2.81. The highest BCUT2D eigenvalue weighted by Gasteiger charge is 2.13. The third-order valence-corrected chi connectivity index (χ3v) is 4.16. The Morgan fingerprint density at radius 2 is 1.96 bits per heavy atom. The smallest absolute Gasteiger partial charge is 0.240 e. The third kappa shape index (κ3) is 5.04. The molecule has 3 rings (SSSR count). The molecule has 27 heavy (non-hydrogen) atoms. The molecule has 6 nitrogen and oxygen atoms in total. The van der Waals surface area contributed by atoms with Gasteiger partial charge in [0, 0.05) is 13.1 Å². The fourth-order valence-corrected chi connectivity index (χ4v) is 2.81. The number of fused-ring (bicyclic) bond motifs is 1. The zero-order valence-corrected chi connectivity index (χ0v) is 15.2. The van der Waals surface area contributed by atoms with Gasteiger partial charge >= 0.3 is 0 Å². The molecule has 1 amide bonds. The van der Waals surface area contributed by atoms with Crippen LogP contribution in [0.4, 0.5) is 10.3 Å². The van der Waals surface area contributed by atoms with Gasteiger partial charge in [0.2, 0.25) is 11.9 Å². The standard InChI is InChI=1S/C20H23FN4O2/c1-14(26)12-23-20-24-17-4-2-3-5-18(17)25(20)13-19(27)22-11-10-15-6-8-16(21)9-7-15/h2-9,14,26H,10-13H2,1H3,(H,22,27)(H,23,24). The van der Waals surface area contributed by atoms with Gasteiger partial charge < -0.3 is 20.3 Å². The Kier molecular flexibility index (Phi) is 6.03. The van der Waals surface area contributed by atoms with Crippen LogP contribution < -0.4 is 10.6 Å². The summed E-state index contributed by atoms with van der Waals surface area (Å²) in [6.07, 6.45) is 0.104. The number of carbonyl (C=O) groups is 1. The van der Waals surface area contributed by atoms with E-state index in [-0.39, 0.29) is 18.3 Å². The van der Waals surface area contributed by atoms with E-state index in [1.807, 2.05) is 24.3 Å². The lowest BCUT2D eigenvalue weighted by atomic mass is 10.1. The minimum atomic E-state index is -0.525. The Balaban J connectivity index is 1.64. The first-order valence-electron chi connectivity index (χ1n) is 8.91. The number of nitrogens with zero attached hydrogens (tertiary/aromatic N) is 2. The van der Waals surface area contributed by atoms with E-state index in [1.165, 1.54) is 12.1 Å². The van der Waals surface area contributed by atoms with Crippen LogP contribution in [-0.4, -0.2) is 39.8 Å². The van der Waals surface area contributed by atoms with Gasteiger partial charge in [-0.05, 0) is 43.2 Å². The molecule has 0 aliphatic carbocycles. The quantitative estimate of drug-likeness (QED) is 0.569. The molecule has 0 radical (unpaired) electrons. The third-order valence-electron chi connectivity index (χ3n) is 4.16. The molecule has 1 aromatic heterocycles. The van der Waals surface area contributed by atoms with Gasteiger partial charge in [-0.1, -0.05) is 24.3 Å². The first kappa shape index (κ1) is 18.8. The fraction of sp³-hybridized carbons (Fsp3) is 0.300. The van der Waals surface area contributed by atoms with Crippen molar-refractivity contribution in [3.8, 4) is 0 Å². The second-order valence-electron chi connectivity index (χ2n) is 6.47. The van der Waals surface area contributed by atoms with Crippen molar-refractivity contribution >= 4 is 22.9 Å². The topological polar surface area (TPSA) is 79.2 Å². The molecule has 1 unspecified atom stereocenters. The lowest BCUT2D eigenvalue weighted by Gasteiger charge is -2.12. The highest BCUT2D eigenvalue weighted by atomic mass is 19.1. The number of anilines is 1. The Bertz CT molecular complexity index is 906. The minimum Gasteiger partial charge on any atom is -0.392 e. The highest BCUT2D eigenvalue weighted by molar-refractivity contribution is 5.83.